The number of nitrogen functional groups attached to an aromatic ring is 1. The van der Waals surface area contributed by atoms with Gasteiger partial charge in [0.25, 0.3) is 5.91 Å². The Labute approximate surface area is 246 Å². The highest BCUT2D eigenvalue weighted by atomic mass is 35.5. The Hall–Kier alpha value is -1.72. The molecule has 1 aromatic carbocycles. The summed E-state index contributed by atoms with van der Waals surface area (Å²) in [6.45, 7) is 4.67. The van der Waals surface area contributed by atoms with Gasteiger partial charge in [0.2, 0.25) is 0 Å². The number of nitrogens with zero attached hydrogens (tertiary/aromatic N) is 2. The summed E-state index contributed by atoms with van der Waals surface area (Å²) in [6.07, 6.45) is 6.34. The molecule has 0 unspecified atom stereocenters. The lowest BCUT2D eigenvalue weighted by Gasteiger charge is -2.38. The van der Waals surface area contributed by atoms with Crippen molar-refractivity contribution < 1.29 is 23.8 Å². The summed E-state index contributed by atoms with van der Waals surface area (Å²) >= 11 is 6.13. The zero-order valence-corrected chi connectivity index (χ0v) is 23.6. The fourth-order valence-electron chi connectivity index (χ4n) is 5.65. The van der Waals surface area contributed by atoms with Crippen molar-refractivity contribution in [3.05, 3.63) is 22.7 Å². The van der Waals surface area contributed by atoms with Gasteiger partial charge < -0.3 is 30.2 Å². The number of halogens is 1. The van der Waals surface area contributed by atoms with Crippen LogP contribution < -0.4 is 15.8 Å². The van der Waals surface area contributed by atoms with E-state index in [0.29, 0.717) is 34.4 Å². The highest BCUT2D eigenvalue weighted by molar-refractivity contribution is 7.59. The molecule has 4 rings (SSSR count). The minimum absolute atomic E-state index is 0. The van der Waals surface area contributed by atoms with Crippen molar-refractivity contribution in [2.45, 2.75) is 78.2 Å². The van der Waals surface area contributed by atoms with Gasteiger partial charge in [-0.15, -0.1) is 0 Å². The lowest BCUT2D eigenvalue weighted by Crippen LogP contribution is -2.54. The standard InChI is InChI=1S/C26H39ClN4O5.2CH4.H2S/c1-34-22-15-20(28)19(27)14-18(22)25(33)29-21-9-11-30(16-23(21)35-2)10-5-3-4-6-24(32)36-26-17-7-12-31(26)13-8-17;;;/h14-15,17,21,23,26H,3-13,16,28H2,1-2H3,(H,29,33);2*1H4;1H2/t21-,23+,26+;;;/m0.../s1. The van der Waals surface area contributed by atoms with Crippen molar-refractivity contribution in [1.82, 2.24) is 15.1 Å². The summed E-state index contributed by atoms with van der Waals surface area (Å²) in [7, 11) is 3.17. The Bertz CT molecular complexity index is 919. The van der Waals surface area contributed by atoms with E-state index in [9.17, 15) is 9.59 Å². The topological polar surface area (TPSA) is 106 Å². The van der Waals surface area contributed by atoms with Gasteiger partial charge in [0.05, 0.1) is 35.5 Å². The molecule has 39 heavy (non-hydrogen) atoms. The van der Waals surface area contributed by atoms with E-state index >= 15 is 0 Å². The summed E-state index contributed by atoms with van der Waals surface area (Å²) in [5, 5.41) is 3.40. The highest BCUT2D eigenvalue weighted by Gasteiger charge is 2.42. The number of fused-ring (bicyclic) bond motifs is 2. The predicted octanol–water partition coefficient (Wildman–Crippen LogP) is 4.29. The summed E-state index contributed by atoms with van der Waals surface area (Å²) in [5.74, 6) is 0.608. The van der Waals surface area contributed by atoms with E-state index in [1.54, 1.807) is 13.2 Å². The number of esters is 1. The molecule has 3 atom stereocenters. The van der Waals surface area contributed by atoms with Crippen LogP contribution in [0.4, 0.5) is 5.69 Å². The van der Waals surface area contributed by atoms with Crippen molar-refractivity contribution in [1.29, 1.82) is 0 Å². The van der Waals surface area contributed by atoms with Crippen LogP contribution in [-0.2, 0) is 14.3 Å². The van der Waals surface area contributed by atoms with E-state index < -0.39 is 0 Å². The number of methoxy groups -OCH3 is 2. The number of ether oxygens (including phenoxy) is 3. The number of hydrogen-bond donors (Lipinski definition) is 2. The van der Waals surface area contributed by atoms with Crippen molar-refractivity contribution >= 4 is 42.7 Å². The summed E-state index contributed by atoms with van der Waals surface area (Å²) in [5.41, 5.74) is 6.55. The molecule has 0 spiro atoms. The van der Waals surface area contributed by atoms with E-state index in [-0.39, 0.29) is 58.6 Å². The van der Waals surface area contributed by atoms with Crippen molar-refractivity contribution in [3.63, 3.8) is 0 Å². The molecule has 0 radical (unpaired) electrons. The average Bonchev–Trinajstić information content (AvgIpc) is 3.44. The van der Waals surface area contributed by atoms with E-state index in [0.717, 1.165) is 71.2 Å². The smallest absolute Gasteiger partial charge is 0.307 e. The third kappa shape index (κ3) is 8.88. The van der Waals surface area contributed by atoms with E-state index in [2.05, 4.69) is 15.1 Å². The van der Waals surface area contributed by atoms with Gasteiger partial charge in [-0.3, -0.25) is 14.5 Å². The van der Waals surface area contributed by atoms with Crippen molar-refractivity contribution in [3.8, 4) is 5.75 Å². The zero-order chi connectivity index (χ0) is 25.7. The molecule has 3 fully saturated rings. The number of hydrogen-bond acceptors (Lipinski definition) is 8. The molecule has 0 aromatic heterocycles. The molecule has 0 saturated carbocycles. The van der Waals surface area contributed by atoms with Crippen LogP contribution in [-0.4, -0.2) is 87.0 Å². The molecule has 3 saturated heterocycles. The molecule has 0 aliphatic carbocycles. The van der Waals surface area contributed by atoms with Gasteiger partial charge in [-0.1, -0.05) is 32.9 Å². The molecular weight excluding hydrogens is 540 g/mol. The second kappa shape index (κ2) is 16.5. The normalized spacial score (nSPS) is 25.6. The maximum Gasteiger partial charge on any atom is 0.307 e. The lowest BCUT2D eigenvalue weighted by molar-refractivity contribution is -0.156. The first-order valence-corrected chi connectivity index (χ1v) is 13.4. The third-order valence-electron chi connectivity index (χ3n) is 7.77. The van der Waals surface area contributed by atoms with Crippen LogP contribution in [0.3, 0.4) is 0 Å². The molecule has 224 valence electrons. The molecule has 11 heteroatoms. The van der Waals surface area contributed by atoms with Crippen LogP contribution in [0.15, 0.2) is 12.1 Å². The molecule has 1 aromatic rings. The van der Waals surface area contributed by atoms with E-state index in [1.807, 2.05) is 0 Å². The summed E-state index contributed by atoms with van der Waals surface area (Å²) < 4.78 is 16.8. The number of likely N-dealkylation sites (tertiary alicyclic amines) is 1. The number of carbonyl (C=O) groups is 2. The molecule has 3 aliphatic rings. The molecule has 3 aliphatic heterocycles. The van der Waals surface area contributed by atoms with Gasteiger partial charge in [-0.05, 0) is 44.7 Å². The SMILES string of the molecule is C.C.COc1cc(N)c(Cl)cc1C(=O)N[C@H]1CCN(CCCCCC(=O)O[C@@H]2C3CCN2CC3)C[C@H]1OC.S. The predicted molar refractivity (Wildman–Crippen MR) is 162 cm³/mol. The van der Waals surface area contributed by atoms with E-state index in [4.69, 9.17) is 31.5 Å². The van der Waals surface area contributed by atoms with Gasteiger partial charge in [0.15, 0.2) is 6.23 Å². The molecule has 9 nitrogen and oxygen atoms in total. The van der Waals surface area contributed by atoms with Crippen molar-refractivity contribution in [2.24, 2.45) is 5.92 Å². The van der Waals surface area contributed by atoms with E-state index in [1.165, 1.54) is 13.2 Å². The van der Waals surface area contributed by atoms with Gasteiger partial charge in [0.1, 0.15) is 5.75 Å². The number of anilines is 1. The molecule has 3 heterocycles. The van der Waals surface area contributed by atoms with Gasteiger partial charge >= 0.3 is 5.97 Å². The largest absolute Gasteiger partial charge is 0.496 e. The van der Waals surface area contributed by atoms with Crippen LogP contribution in [0.2, 0.25) is 5.02 Å². The Morgan fingerprint density at radius 2 is 1.79 bits per heavy atom. The maximum absolute atomic E-state index is 12.9. The zero-order valence-electron chi connectivity index (χ0n) is 21.8. The fourth-order valence-corrected chi connectivity index (χ4v) is 5.82. The van der Waals surface area contributed by atoms with Crippen LogP contribution in [0.5, 0.6) is 5.75 Å². The summed E-state index contributed by atoms with van der Waals surface area (Å²) in [4.78, 5) is 29.8. The molecule has 2 bridgehead atoms. The number of rotatable bonds is 11. The first-order valence-electron chi connectivity index (χ1n) is 13.0. The number of nitrogens with two attached hydrogens (primary N) is 1. The second-order valence-corrected chi connectivity index (χ2v) is 10.5. The maximum atomic E-state index is 12.9. The van der Waals surface area contributed by atoms with Gasteiger partial charge in [-0.25, -0.2) is 0 Å². The number of carbonyl (C=O) groups excluding carboxylic acids is 2. The Balaban J connectivity index is 0.00000253. The second-order valence-electron chi connectivity index (χ2n) is 10.1. The third-order valence-corrected chi connectivity index (χ3v) is 8.10. The average molecular weight is 589 g/mol. The number of unbranched alkanes of at least 4 members (excludes halogenated alkanes) is 2. The minimum Gasteiger partial charge on any atom is -0.496 e. The van der Waals surface area contributed by atoms with Crippen LogP contribution in [0.25, 0.3) is 0 Å². The number of benzene rings is 1. The van der Waals surface area contributed by atoms with Crippen LogP contribution in [0, 0.1) is 5.92 Å². The van der Waals surface area contributed by atoms with Crippen LogP contribution >= 0.6 is 25.1 Å². The monoisotopic (exact) mass is 588 g/mol. The fraction of sp³-hybridized carbons (Fsp3) is 0.714. The lowest BCUT2D eigenvalue weighted by atomic mass is 10.00. The summed E-state index contributed by atoms with van der Waals surface area (Å²) in [6, 6.07) is 2.98. The van der Waals surface area contributed by atoms with Gasteiger partial charge in [0, 0.05) is 51.7 Å². The first-order chi connectivity index (χ1) is 17.4. The number of amides is 1. The number of nitrogens with one attached hydrogen (secondary N) is 1. The van der Waals surface area contributed by atoms with Crippen molar-refractivity contribution in [2.75, 3.05) is 52.7 Å². The Morgan fingerprint density at radius 1 is 1.08 bits per heavy atom. The molecule has 1 amide bonds. The van der Waals surface area contributed by atoms with Gasteiger partial charge in [-0.2, -0.15) is 13.5 Å². The molecular formula is C28H49ClN4O5S. The molecule has 3 N–H and O–H groups in total. The Morgan fingerprint density at radius 3 is 2.41 bits per heavy atom. The quantitative estimate of drug-likeness (QED) is 0.224. The highest BCUT2D eigenvalue weighted by Crippen LogP contribution is 2.35. The minimum atomic E-state index is -0.261. The Kier molecular flexibility index (Phi) is 15.0. The van der Waals surface area contributed by atoms with Crippen LogP contribution in [0.1, 0.15) is 70.2 Å². The first kappa shape index (κ1) is 35.3. The number of piperidine rings is 2.